The summed E-state index contributed by atoms with van der Waals surface area (Å²) in [4.78, 5) is 14.2. The second kappa shape index (κ2) is 4.70. The van der Waals surface area contributed by atoms with Crippen molar-refractivity contribution in [3.05, 3.63) is 24.0 Å². The van der Waals surface area contributed by atoms with Crippen molar-refractivity contribution in [2.45, 2.75) is 26.4 Å². The molecule has 2 rings (SSSR count). The van der Waals surface area contributed by atoms with Crippen molar-refractivity contribution in [1.29, 1.82) is 0 Å². The summed E-state index contributed by atoms with van der Waals surface area (Å²) in [6, 6.07) is 4.23. The second-order valence-electron chi connectivity index (χ2n) is 4.29. The fraction of sp³-hybridized carbons (Fsp3) is 0.583. The lowest BCUT2D eigenvalue weighted by molar-refractivity contribution is 0.0698. The van der Waals surface area contributed by atoms with Crippen LogP contribution in [0.4, 0.5) is 0 Å². The Labute approximate surface area is 96.2 Å². The fourth-order valence-corrected chi connectivity index (χ4v) is 2.16. The third-order valence-corrected chi connectivity index (χ3v) is 3.05. The summed E-state index contributed by atoms with van der Waals surface area (Å²) >= 11 is 0. The van der Waals surface area contributed by atoms with Crippen molar-refractivity contribution in [3.8, 4) is 0 Å². The Balaban J connectivity index is 2.12. The van der Waals surface area contributed by atoms with Gasteiger partial charge in [0.1, 0.15) is 5.69 Å². The number of nitrogens with zero attached hydrogens (tertiary/aromatic N) is 2. The van der Waals surface area contributed by atoms with Crippen LogP contribution in [0.3, 0.4) is 0 Å². The second-order valence-corrected chi connectivity index (χ2v) is 4.29. The van der Waals surface area contributed by atoms with Gasteiger partial charge >= 0.3 is 0 Å². The predicted molar refractivity (Wildman–Crippen MR) is 63.5 cm³/mol. The average molecular weight is 221 g/mol. The van der Waals surface area contributed by atoms with Crippen molar-refractivity contribution >= 4 is 5.91 Å². The molecule has 88 valence electrons. The van der Waals surface area contributed by atoms with Crippen LogP contribution in [0.25, 0.3) is 0 Å². The Morgan fingerprint density at radius 1 is 1.62 bits per heavy atom. The molecule has 0 aromatic carbocycles. The summed E-state index contributed by atoms with van der Waals surface area (Å²) in [7, 11) is 0. The highest BCUT2D eigenvalue weighted by Gasteiger charge is 2.23. The predicted octanol–water partition coefficient (Wildman–Crippen LogP) is 0.942. The zero-order valence-electron chi connectivity index (χ0n) is 9.94. The van der Waals surface area contributed by atoms with Crippen molar-refractivity contribution in [1.82, 2.24) is 14.8 Å². The van der Waals surface area contributed by atoms with Crippen LogP contribution < -0.4 is 5.32 Å². The molecular weight excluding hydrogens is 202 g/mol. The lowest BCUT2D eigenvalue weighted by Crippen LogP contribution is -2.51. The highest BCUT2D eigenvalue weighted by Crippen LogP contribution is 2.09. The molecule has 0 radical (unpaired) electrons. The molecule has 1 saturated heterocycles. The first kappa shape index (κ1) is 11.2. The van der Waals surface area contributed by atoms with E-state index in [0.29, 0.717) is 6.04 Å². The molecule has 1 atom stereocenters. The zero-order valence-corrected chi connectivity index (χ0v) is 9.94. The van der Waals surface area contributed by atoms with Crippen LogP contribution in [-0.2, 0) is 6.54 Å². The molecule has 0 bridgehead atoms. The standard InChI is InChI=1S/C12H19N3O/c1-3-14-7-4-5-11(14)12(16)15-8-6-13-10(2)9-15/h4-5,7,10,13H,3,6,8-9H2,1-2H3/t10-/m0/s1. The normalized spacial score (nSPS) is 21.1. The lowest BCUT2D eigenvalue weighted by atomic mass is 10.2. The molecule has 1 amide bonds. The van der Waals surface area contributed by atoms with E-state index < -0.39 is 0 Å². The number of amides is 1. The summed E-state index contributed by atoms with van der Waals surface area (Å²) in [5, 5.41) is 3.34. The van der Waals surface area contributed by atoms with Gasteiger partial charge in [-0.15, -0.1) is 0 Å². The Hall–Kier alpha value is -1.29. The molecule has 0 spiro atoms. The van der Waals surface area contributed by atoms with Gasteiger partial charge in [-0.2, -0.15) is 0 Å². The largest absolute Gasteiger partial charge is 0.344 e. The number of nitrogens with one attached hydrogen (secondary N) is 1. The molecule has 1 aromatic rings. The number of rotatable bonds is 2. The summed E-state index contributed by atoms with van der Waals surface area (Å²) in [5.41, 5.74) is 0.802. The van der Waals surface area contributed by atoms with Crippen LogP contribution in [0, 0.1) is 0 Å². The molecule has 0 saturated carbocycles. The van der Waals surface area contributed by atoms with Gasteiger partial charge in [0.25, 0.3) is 5.91 Å². The molecule has 4 heteroatoms. The van der Waals surface area contributed by atoms with E-state index in [0.717, 1.165) is 31.9 Å². The summed E-state index contributed by atoms with van der Waals surface area (Å²) in [5.74, 6) is 0.153. The van der Waals surface area contributed by atoms with Crippen molar-refractivity contribution < 1.29 is 4.79 Å². The number of aromatic nitrogens is 1. The first-order valence-electron chi connectivity index (χ1n) is 5.90. The third-order valence-electron chi connectivity index (χ3n) is 3.05. The summed E-state index contributed by atoms with van der Waals surface area (Å²) in [6.07, 6.45) is 1.96. The van der Waals surface area contributed by atoms with Crippen LogP contribution in [-0.4, -0.2) is 41.1 Å². The molecule has 2 heterocycles. The van der Waals surface area contributed by atoms with Crippen molar-refractivity contribution in [2.75, 3.05) is 19.6 Å². The monoisotopic (exact) mass is 221 g/mol. The van der Waals surface area contributed by atoms with Gasteiger partial charge in [-0.3, -0.25) is 4.79 Å². The SMILES string of the molecule is CCn1cccc1C(=O)N1CCN[C@@H](C)C1. The number of hydrogen-bond donors (Lipinski definition) is 1. The van der Waals surface area contributed by atoms with E-state index in [-0.39, 0.29) is 5.91 Å². The molecule has 4 nitrogen and oxygen atoms in total. The minimum absolute atomic E-state index is 0.153. The molecule has 1 aliphatic heterocycles. The van der Waals surface area contributed by atoms with Gasteiger partial charge in [-0.25, -0.2) is 0 Å². The highest BCUT2D eigenvalue weighted by atomic mass is 16.2. The molecule has 1 aromatic heterocycles. The van der Waals surface area contributed by atoms with Gasteiger partial charge in [0.2, 0.25) is 0 Å². The number of hydrogen-bond acceptors (Lipinski definition) is 2. The van der Waals surface area contributed by atoms with Gasteiger partial charge in [-0.05, 0) is 26.0 Å². The first-order chi connectivity index (χ1) is 7.72. The molecule has 16 heavy (non-hydrogen) atoms. The minimum atomic E-state index is 0.153. The van der Waals surface area contributed by atoms with E-state index in [1.54, 1.807) is 0 Å². The molecule has 1 fully saturated rings. The Kier molecular flexibility index (Phi) is 3.29. The minimum Gasteiger partial charge on any atom is -0.344 e. The average Bonchev–Trinajstić information content (AvgIpc) is 2.76. The smallest absolute Gasteiger partial charge is 0.270 e. The Morgan fingerprint density at radius 3 is 3.12 bits per heavy atom. The first-order valence-corrected chi connectivity index (χ1v) is 5.90. The molecular formula is C12H19N3O. The van der Waals surface area contributed by atoms with Gasteiger partial charge in [-0.1, -0.05) is 0 Å². The number of aryl methyl sites for hydroxylation is 1. The number of carbonyl (C=O) groups excluding carboxylic acids is 1. The topological polar surface area (TPSA) is 37.3 Å². The molecule has 1 N–H and O–H groups in total. The highest BCUT2D eigenvalue weighted by molar-refractivity contribution is 5.92. The van der Waals surface area contributed by atoms with Gasteiger partial charge < -0.3 is 14.8 Å². The summed E-state index contributed by atoms with van der Waals surface area (Å²) in [6.45, 7) is 7.50. The Bertz CT molecular complexity index is 372. The van der Waals surface area contributed by atoms with E-state index >= 15 is 0 Å². The van der Waals surface area contributed by atoms with Crippen LogP contribution in [0.5, 0.6) is 0 Å². The van der Waals surface area contributed by atoms with E-state index in [2.05, 4.69) is 19.2 Å². The quantitative estimate of drug-likeness (QED) is 0.807. The molecule has 0 unspecified atom stereocenters. The van der Waals surface area contributed by atoms with E-state index in [4.69, 9.17) is 0 Å². The van der Waals surface area contributed by atoms with E-state index in [9.17, 15) is 4.79 Å². The van der Waals surface area contributed by atoms with Gasteiger partial charge in [0, 0.05) is 38.4 Å². The van der Waals surface area contributed by atoms with Gasteiger partial charge in [0.05, 0.1) is 0 Å². The maximum Gasteiger partial charge on any atom is 0.270 e. The Morgan fingerprint density at radius 2 is 2.44 bits per heavy atom. The van der Waals surface area contributed by atoms with Crippen LogP contribution >= 0.6 is 0 Å². The molecule has 1 aliphatic rings. The summed E-state index contributed by atoms with van der Waals surface area (Å²) < 4.78 is 2.00. The maximum absolute atomic E-state index is 12.3. The third kappa shape index (κ3) is 2.11. The number of carbonyl (C=O) groups is 1. The fourth-order valence-electron chi connectivity index (χ4n) is 2.16. The van der Waals surface area contributed by atoms with E-state index in [1.807, 2.05) is 27.8 Å². The zero-order chi connectivity index (χ0) is 11.5. The van der Waals surface area contributed by atoms with Crippen LogP contribution in [0.1, 0.15) is 24.3 Å². The maximum atomic E-state index is 12.3. The van der Waals surface area contributed by atoms with Crippen molar-refractivity contribution in [2.24, 2.45) is 0 Å². The van der Waals surface area contributed by atoms with Gasteiger partial charge in [0.15, 0.2) is 0 Å². The van der Waals surface area contributed by atoms with E-state index in [1.165, 1.54) is 0 Å². The number of piperazine rings is 1. The van der Waals surface area contributed by atoms with Crippen LogP contribution in [0.15, 0.2) is 18.3 Å². The lowest BCUT2D eigenvalue weighted by Gasteiger charge is -2.32. The molecule has 0 aliphatic carbocycles. The van der Waals surface area contributed by atoms with Crippen molar-refractivity contribution in [3.63, 3.8) is 0 Å². The van der Waals surface area contributed by atoms with Crippen LogP contribution in [0.2, 0.25) is 0 Å².